The van der Waals surface area contributed by atoms with Gasteiger partial charge in [0.1, 0.15) is 5.75 Å². The molecule has 0 amide bonds. The van der Waals surface area contributed by atoms with Gasteiger partial charge in [-0.3, -0.25) is 0 Å². The maximum Gasteiger partial charge on any atom is 0.119 e. The van der Waals surface area contributed by atoms with E-state index < -0.39 is 0 Å². The summed E-state index contributed by atoms with van der Waals surface area (Å²) < 4.78 is 5.37. The maximum absolute atomic E-state index is 6.00. The van der Waals surface area contributed by atoms with Crippen LogP contribution in [-0.2, 0) is 0 Å². The van der Waals surface area contributed by atoms with E-state index in [4.69, 9.17) is 10.5 Å². The highest BCUT2D eigenvalue weighted by atomic mass is 16.5. The van der Waals surface area contributed by atoms with E-state index in [9.17, 15) is 0 Å². The zero-order chi connectivity index (χ0) is 11.3. The highest BCUT2D eigenvalue weighted by Crippen LogP contribution is 2.18. The lowest BCUT2D eigenvalue weighted by molar-refractivity contribution is 0.340. The van der Waals surface area contributed by atoms with Crippen LogP contribution in [0.1, 0.15) is 32.4 Å². The second kappa shape index (κ2) is 5.56. The molecule has 1 unspecified atom stereocenters. The number of hydrogen-bond donors (Lipinski definition) is 1. The van der Waals surface area contributed by atoms with Crippen LogP contribution in [0.15, 0.2) is 35.9 Å². The van der Waals surface area contributed by atoms with Gasteiger partial charge in [0, 0.05) is 6.04 Å². The van der Waals surface area contributed by atoms with Crippen LogP contribution in [0.3, 0.4) is 0 Å². The average Bonchev–Trinajstić information content (AvgIpc) is 2.18. The number of benzene rings is 1. The molecule has 82 valence electrons. The molecule has 1 aromatic carbocycles. The third-order valence-electron chi connectivity index (χ3n) is 2.09. The fourth-order valence-corrected chi connectivity index (χ4v) is 1.41. The summed E-state index contributed by atoms with van der Waals surface area (Å²) in [4.78, 5) is 0. The van der Waals surface area contributed by atoms with Crippen LogP contribution in [0.5, 0.6) is 5.75 Å². The lowest BCUT2D eigenvalue weighted by atomic mass is 10.1. The molecule has 1 aromatic rings. The molecule has 0 spiro atoms. The Morgan fingerprint density at radius 3 is 2.40 bits per heavy atom. The van der Waals surface area contributed by atoms with Crippen molar-refractivity contribution in [2.24, 2.45) is 5.73 Å². The van der Waals surface area contributed by atoms with Gasteiger partial charge in [0.05, 0.1) is 6.61 Å². The van der Waals surface area contributed by atoms with Gasteiger partial charge in [0.25, 0.3) is 0 Å². The molecule has 0 aliphatic heterocycles. The standard InChI is InChI=1S/C13H19NO/c1-4-15-12-7-5-11(6-8-12)13(14)9-10(2)3/h5-9,13H,4,14H2,1-3H3. The van der Waals surface area contributed by atoms with Crippen LogP contribution in [0.2, 0.25) is 0 Å². The molecule has 2 heteroatoms. The van der Waals surface area contributed by atoms with Crippen molar-refractivity contribution in [2.75, 3.05) is 6.61 Å². The Bertz CT molecular complexity index is 323. The van der Waals surface area contributed by atoms with Gasteiger partial charge in [0.2, 0.25) is 0 Å². The van der Waals surface area contributed by atoms with E-state index in [1.807, 2.05) is 31.2 Å². The molecule has 0 radical (unpaired) electrons. The number of rotatable bonds is 4. The first-order chi connectivity index (χ1) is 7.13. The second-order valence-corrected chi connectivity index (χ2v) is 3.77. The smallest absolute Gasteiger partial charge is 0.119 e. The van der Waals surface area contributed by atoms with Gasteiger partial charge in [-0.25, -0.2) is 0 Å². The zero-order valence-corrected chi connectivity index (χ0v) is 9.66. The third-order valence-corrected chi connectivity index (χ3v) is 2.09. The quantitative estimate of drug-likeness (QED) is 0.767. The molecular weight excluding hydrogens is 186 g/mol. The number of allylic oxidation sites excluding steroid dienone is 1. The van der Waals surface area contributed by atoms with E-state index in [0.717, 1.165) is 11.3 Å². The predicted molar refractivity (Wildman–Crippen MR) is 64.0 cm³/mol. The van der Waals surface area contributed by atoms with Crippen LogP contribution in [0.4, 0.5) is 0 Å². The molecule has 0 bridgehead atoms. The van der Waals surface area contributed by atoms with Crippen molar-refractivity contribution in [3.8, 4) is 5.75 Å². The molecule has 0 heterocycles. The van der Waals surface area contributed by atoms with Crippen LogP contribution in [-0.4, -0.2) is 6.61 Å². The van der Waals surface area contributed by atoms with Crippen LogP contribution < -0.4 is 10.5 Å². The Hall–Kier alpha value is -1.28. The summed E-state index contributed by atoms with van der Waals surface area (Å²) in [6.45, 7) is 6.77. The molecule has 2 nitrogen and oxygen atoms in total. The Morgan fingerprint density at radius 1 is 1.33 bits per heavy atom. The molecule has 2 N–H and O–H groups in total. The molecule has 0 aliphatic carbocycles. The van der Waals surface area contributed by atoms with Crippen molar-refractivity contribution in [3.63, 3.8) is 0 Å². The molecule has 0 saturated carbocycles. The van der Waals surface area contributed by atoms with Gasteiger partial charge in [-0.1, -0.05) is 23.8 Å². The van der Waals surface area contributed by atoms with Crippen molar-refractivity contribution in [1.29, 1.82) is 0 Å². The second-order valence-electron chi connectivity index (χ2n) is 3.77. The van der Waals surface area contributed by atoms with E-state index in [0.29, 0.717) is 6.61 Å². The van der Waals surface area contributed by atoms with Crippen LogP contribution in [0.25, 0.3) is 0 Å². The minimum absolute atomic E-state index is 0.0225. The van der Waals surface area contributed by atoms with E-state index >= 15 is 0 Å². The molecule has 0 aromatic heterocycles. The fourth-order valence-electron chi connectivity index (χ4n) is 1.41. The van der Waals surface area contributed by atoms with E-state index in [1.165, 1.54) is 5.57 Å². The third kappa shape index (κ3) is 3.76. The SMILES string of the molecule is CCOc1ccc(C(N)C=C(C)C)cc1. The van der Waals surface area contributed by atoms with Gasteiger partial charge in [-0.05, 0) is 38.5 Å². The summed E-state index contributed by atoms with van der Waals surface area (Å²) in [6, 6.07) is 7.91. The first-order valence-corrected chi connectivity index (χ1v) is 5.27. The monoisotopic (exact) mass is 205 g/mol. The molecule has 0 aliphatic rings. The van der Waals surface area contributed by atoms with Crippen LogP contribution >= 0.6 is 0 Å². The molecule has 0 fully saturated rings. The number of nitrogens with two attached hydrogens (primary N) is 1. The Labute approximate surface area is 91.7 Å². The van der Waals surface area contributed by atoms with Crippen molar-refractivity contribution in [1.82, 2.24) is 0 Å². The van der Waals surface area contributed by atoms with Crippen molar-refractivity contribution < 1.29 is 4.74 Å². The highest BCUT2D eigenvalue weighted by molar-refractivity contribution is 5.31. The molecule has 0 saturated heterocycles. The molecule has 1 rings (SSSR count). The first-order valence-electron chi connectivity index (χ1n) is 5.27. The molecule has 1 atom stereocenters. The number of hydrogen-bond acceptors (Lipinski definition) is 2. The number of ether oxygens (including phenoxy) is 1. The minimum Gasteiger partial charge on any atom is -0.494 e. The van der Waals surface area contributed by atoms with Crippen molar-refractivity contribution in [2.45, 2.75) is 26.8 Å². The highest BCUT2D eigenvalue weighted by Gasteiger charge is 2.02. The molecular formula is C13H19NO. The Morgan fingerprint density at radius 2 is 1.93 bits per heavy atom. The first kappa shape index (κ1) is 11.8. The lowest BCUT2D eigenvalue weighted by Gasteiger charge is -2.09. The predicted octanol–water partition coefficient (Wildman–Crippen LogP) is 3.05. The average molecular weight is 205 g/mol. The topological polar surface area (TPSA) is 35.2 Å². The summed E-state index contributed by atoms with van der Waals surface area (Å²) in [7, 11) is 0. The van der Waals surface area contributed by atoms with E-state index in [1.54, 1.807) is 0 Å². The maximum atomic E-state index is 6.00. The van der Waals surface area contributed by atoms with Gasteiger partial charge in [0.15, 0.2) is 0 Å². The Kier molecular flexibility index (Phi) is 4.37. The summed E-state index contributed by atoms with van der Waals surface area (Å²) in [5.41, 5.74) is 8.35. The van der Waals surface area contributed by atoms with Crippen LogP contribution in [0, 0.1) is 0 Å². The van der Waals surface area contributed by atoms with Crippen molar-refractivity contribution in [3.05, 3.63) is 41.5 Å². The fraction of sp³-hybridized carbons (Fsp3) is 0.385. The van der Waals surface area contributed by atoms with Gasteiger partial charge in [-0.2, -0.15) is 0 Å². The van der Waals surface area contributed by atoms with E-state index in [-0.39, 0.29) is 6.04 Å². The summed E-state index contributed by atoms with van der Waals surface area (Å²) in [5.74, 6) is 0.894. The zero-order valence-electron chi connectivity index (χ0n) is 9.66. The van der Waals surface area contributed by atoms with Gasteiger partial charge >= 0.3 is 0 Å². The summed E-state index contributed by atoms with van der Waals surface area (Å²) >= 11 is 0. The lowest BCUT2D eigenvalue weighted by Crippen LogP contribution is -2.07. The minimum atomic E-state index is -0.0225. The molecule has 15 heavy (non-hydrogen) atoms. The largest absolute Gasteiger partial charge is 0.494 e. The van der Waals surface area contributed by atoms with Gasteiger partial charge in [-0.15, -0.1) is 0 Å². The Balaban J connectivity index is 2.75. The van der Waals surface area contributed by atoms with E-state index in [2.05, 4.69) is 19.9 Å². The van der Waals surface area contributed by atoms with Crippen molar-refractivity contribution >= 4 is 0 Å². The van der Waals surface area contributed by atoms with Gasteiger partial charge < -0.3 is 10.5 Å². The normalized spacial score (nSPS) is 12.0. The summed E-state index contributed by atoms with van der Waals surface area (Å²) in [6.07, 6.45) is 2.05. The summed E-state index contributed by atoms with van der Waals surface area (Å²) in [5, 5.41) is 0.